The van der Waals surface area contributed by atoms with Gasteiger partial charge in [0.2, 0.25) is 0 Å². The van der Waals surface area contributed by atoms with E-state index in [0.717, 1.165) is 17.2 Å². The van der Waals surface area contributed by atoms with Crippen molar-refractivity contribution in [2.24, 2.45) is 0 Å². The molecule has 2 aromatic rings. The topological polar surface area (TPSA) is 108 Å². The van der Waals surface area contributed by atoms with Crippen molar-refractivity contribution < 1.29 is 24.0 Å². The Hall–Kier alpha value is -3.42. The van der Waals surface area contributed by atoms with Gasteiger partial charge in [0.05, 0.1) is 17.1 Å². The summed E-state index contributed by atoms with van der Waals surface area (Å²) in [5.74, 6) is -1.28. The number of nitro benzene ring substituents is 1. The minimum absolute atomic E-state index is 0.0402. The van der Waals surface area contributed by atoms with Crippen molar-refractivity contribution in [3.05, 3.63) is 63.2 Å². The van der Waals surface area contributed by atoms with Crippen LogP contribution in [-0.4, -0.2) is 29.5 Å². The molecule has 0 aliphatic rings. The van der Waals surface area contributed by atoms with E-state index in [1.54, 1.807) is 6.92 Å². The van der Waals surface area contributed by atoms with Gasteiger partial charge in [0, 0.05) is 11.8 Å². The number of hydrogen-bond acceptors (Lipinski definition) is 6. The predicted octanol–water partition coefficient (Wildman–Crippen LogP) is 3.79. The molecule has 0 aromatic heterocycles. The third-order valence-electron chi connectivity index (χ3n) is 4.00. The molecule has 0 heterocycles. The Morgan fingerprint density at radius 3 is 2.54 bits per heavy atom. The van der Waals surface area contributed by atoms with Crippen molar-refractivity contribution in [1.82, 2.24) is 0 Å². The van der Waals surface area contributed by atoms with E-state index >= 15 is 0 Å². The zero-order chi connectivity index (χ0) is 20.8. The first-order chi connectivity index (χ1) is 13.2. The van der Waals surface area contributed by atoms with E-state index in [1.165, 1.54) is 19.1 Å². The minimum atomic E-state index is -1.09. The molecule has 0 saturated carbocycles. The highest BCUT2D eigenvalue weighted by atomic mass is 16.6. The number of esters is 1. The first-order valence-corrected chi connectivity index (χ1v) is 8.73. The molecule has 28 heavy (non-hydrogen) atoms. The number of amides is 1. The predicted molar refractivity (Wildman–Crippen MR) is 104 cm³/mol. The summed E-state index contributed by atoms with van der Waals surface area (Å²) in [7, 11) is 0. The van der Waals surface area contributed by atoms with Gasteiger partial charge in [-0.1, -0.05) is 12.1 Å². The van der Waals surface area contributed by atoms with Crippen LogP contribution < -0.4 is 10.1 Å². The fourth-order valence-electron chi connectivity index (χ4n) is 2.45. The Labute approximate surface area is 162 Å². The maximum atomic E-state index is 12.3. The summed E-state index contributed by atoms with van der Waals surface area (Å²) in [6.45, 7) is 7.13. The maximum Gasteiger partial charge on any atom is 0.339 e. The van der Waals surface area contributed by atoms with Gasteiger partial charge in [0.15, 0.2) is 11.9 Å². The normalized spacial score (nSPS) is 11.4. The van der Waals surface area contributed by atoms with Crippen LogP contribution in [0.4, 0.5) is 11.4 Å². The van der Waals surface area contributed by atoms with Crippen molar-refractivity contribution in [2.45, 2.75) is 33.8 Å². The van der Waals surface area contributed by atoms with Crippen molar-refractivity contribution in [3.8, 4) is 5.75 Å². The standard InChI is InChI=1S/C20H22N2O6/c1-5-27-18-9-8-15(11-17(18)22(25)26)20(24)28-14(4)19(23)21-16-10-12(2)6-7-13(16)3/h6-11,14H,5H2,1-4H3,(H,21,23)/t14-/m1/s1. The van der Waals surface area contributed by atoms with Crippen molar-refractivity contribution >= 4 is 23.3 Å². The van der Waals surface area contributed by atoms with Gasteiger partial charge in [-0.25, -0.2) is 4.79 Å². The van der Waals surface area contributed by atoms with Gasteiger partial charge in [0.25, 0.3) is 5.91 Å². The number of anilines is 1. The van der Waals surface area contributed by atoms with Gasteiger partial charge in [0.1, 0.15) is 0 Å². The average molecular weight is 386 g/mol. The molecule has 0 bridgehead atoms. The third kappa shape index (κ3) is 5.06. The molecule has 0 saturated heterocycles. The highest BCUT2D eigenvalue weighted by Gasteiger charge is 2.23. The van der Waals surface area contributed by atoms with E-state index in [-0.39, 0.29) is 23.6 Å². The summed E-state index contributed by atoms with van der Waals surface area (Å²) in [6.07, 6.45) is -1.09. The Balaban J connectivity index is 2.11. The molecular formula is C20H22N2O6. The average Bonchev–Trinajstić information content (AvgIpc) is 2.64. The number of carbonyl (C=O) groups excluding carboxylic acids is 2. The lowest BCUT2D eigenvalue weighted by atomic mass is 10.1. The number of ether oxygens (including phenoxy) is 2. The molecule has 1 N–H and O–H groups in total. The summed E-state index contributed by atoms with van der Waals surface area (Å²) >= 11 is 0. The van der Waals surface area contributed by atoms with E-state index < -0.39 is 22.9 Å². The van der Waals surface area contributed by atoms with E-state index in [2.05, 4.69) is 5.32 Å². The summed E-state index contributed by atoms with van der Waals surface area (Å²) in [4.78, 5) is 35.2. The minimum Gasteiger partial charge on any atom is -0.487 e. The largest absolute Gasteiger partial charge is 0.487 e. The van der Waals surface area contributed by atoms with Crippen LogP contribution in [0.25, 0.3) is 0 Å². The lowest BCUT2D eigenvalue weighted by molar-refractivity contribution is -0.385. The fraction of sp³-hybridized carbons (Fsp3) is 0.300. The summed E-state index contributed by atoms with van der Waals surface area (Å²) < 4.78 is 10.3. The number of nitrogens with zero attached hydrogens (tertiary/aromatic N) is 1. The molecule has 8 nitrogen and oxygen atoms in total. The number of benzene rings is 2. The SMILES string of the molecule is CCOc1ccc(C(=O)O[C@H](C)C(=O)Nc2cc(C)ccc2C)cc1[N+](=O)[O-]. The van der Waals surface area contributed by atoms with Crippen molar-refractivity contribution in [1.29, 1.82) is 0 Å². The molecule has 8 heteroatoms. The second-order valence-electron chi connectivity index (χ2n) is 6.23. The number of nitro groups is 1. The number of aryl methyl sites for hydroxylation is 2. The lowest BCUT2D eigenvalue weighted by Gasteiger charge is -2.15. The maximum absolute atomic E-state index is 12.3. The molecule has 1 amide bonds. The molecule has 0 radical (unpaired) electrons. The Morgan fingerprint density at radius 1 is 1.18 bits per heavy atom. The van der Waals surface area contributed by atoms with Crippen LogP contribution in [0.5, 0.6) is 5.75 Å². The summed E-state index contributed by atoms with van der Waals surface area (Å²) in [6, 6.07) is 9.38. The fourth-order valence-corrected chi connectivity index (χ4v) is 2.45. The second kappa shape index (κ2) is 8.98. The van der Waals surface area contributed by atoms with Gasteiger partial charge in [-0.2, -0.15) is 0 Å². The Bertz CT molecular complexity index is 910. The van der Waals surface area contributed by atoms with Crippen LogP contribution >= 0.6 is 0 Å². The molecule has 0 spiro atoms. The first kappa shape index (κ1) is 20.9. The molecule has 1 atom stereocenters. The third-order valence-corrected chi connectivity index (χ3v) is 4.00. The molecule has 0 unspecified atom stereocenters. The van der Waals surface area contributed by atoms with Gasteiger partial charge >= 0.3 is 11.7 Å². The van der Waals surface area contributed by atoms with Gasteiger partial charge in [-0.3, -0.25) is 14.9 Å². The number of hydrogen-bond donors (Lipinski definition) is 1. The zero-order valence-electron chi connectivity index (χ0n) is 16.1. The molecule has 148 valence electrons. The summed E-state index contributed by atoms with van der Waals surface area (Å²) in [5.41, 5.74) is 2.10. The van der Waals surface area contributed by atoms with Crippen molar-refractivity contribution in [2.75, 3.05) is 11.9 Å². The number of rotatable bonds is 7. The Kier molecular flexibility index (Phi) is 6.70. The van der Waals surface area contributed by atoms with Crippen LogP contribution in [0.2, 0.25) is 0 Å². The monoisotopic (exact) mass is 386 g/mol. The van der Waals surface area contributed by atoms with E-state index in [4.69, 9.17) is 9.47 Å². The Morgan fingerprint density at radius 2 is 1.89 bits per heavy atom. The van der Waals surface area contributed by atoms with Crippen LogP contribution in [0.3, 0.4) is 0 Å². The summed E-state index contributed by atoms with van der Waals surface area (Å²) in [5, 5.41) is 13.9. The van der Waals surface area contributed by atoms with Crippen LogP contribution in [0, 0.1) is 24.0 Å². The first-order valence-electron chi connectivity index (χ1n) is 8.73. The van der Waals surface area contributed by atoms with Gasteiger partial charge in [-0.15, -0.1) is 0 Å². The highest BCUT2D eigenvalue weighted by molar-refractivity contribution is 5.98. The van der Waals surface area contributed by atoms with Crippen LogP contribution in [0.15, 0.2) is 36.4 Å². The molecule has 2 rings (SSSR count). The van der Waals surface area contributed by atoms with E-state index in [0.29, 0.717) is 5.69 Å². The van der Waals surface area contributed by atoms with Crippen LogP contribution in [-0.2, 0) is 9.53 Å². The molecular weight excluding hydrogens is 364 g/mol. The zero-order valence-corrected chi connectivity index (χ0v) is 16.1. The molecule has 2 aromatic carbocycles. The molecule has 0 aliphatic carbocycles. The quantitative estimate of drug-likeness (QED) is 0.441. The van der Waals surface area contributed by atoms with E-state index in [1.807, 2.05) is 32.0 Å². The lowest BCUT2D eigenvalue weighted by Crippen LogP contribution is -2.30. The van der Waals surface area contributed by atoms with Crippen molar-refractivity contribution in [3.63, 3.8) is 0 Å². The molecule has 0 aliphatic heterocycles. The van der Waals surface area contributed by atoms with Crippen LogP contribution in [0.1, 0.15) is 35.3 Å². The molecule has 0 fully saturated rings. The van der Waals surface area contributed by atoms with Gasteiger partial charge in [-0.05, 0) is 57.0 Å². The van der Waals surface area contributed by atoms with Gasteiger partial charge < -0.3 is 14.8 Å². The van der Waals surface area contributed by atoms with E-state index in [9.17, 15) is 19.7 Å². The second-order valence-corrected chi connectivity index (χ2v) is 6.23. The highest BCUT2D eigenvalue weighted by Crippen LogP contribution is 2.28. The number of carbonyl (C=O) groups is 2. The number of nitrogens with one attached hydrogen (secondary N) is 1. The smallest absolute Gasteiger partial charge is 0.339 e.